The molecule has 2 aliphatic heterocycles. The second kappa shape index (κ2) is 15.4. The fourth-order valence-corrected chi connectivity index (χ4v) is 7.99. The number of thioether (sulfide) groups is 1. The number of aliphatic hydroxyl groups is 1. The molecule has 2 amide bonds. The number of nitriles is 1. The quantitative estimate of drug-likeness (QED) is 0.0460. The minimum absolute atomic E-state index is 0.0330. The number of esters is 1. The van der Waals surface area contributed by atoms with Gasteiger partial charge in [0.15, 0.2) is 10.8 Å². The van der Waals surface area contributed by atoms with E-state index in [0.29, 0.717) is 15.8 Å². The number of aliphatic hydroxyl groups excluding tert-OH is 1. The van der Waals surface area contributed by atoms with Crippen molar-refractivity contribution < 1.29 is 29.1 Å². The van der Waals surface area contributed by atoms with Crippen molar-refractivity contribution in [1.29, 1.82) is 5.26 Å². The molecule has 2 unspecified atom stereocenters. The molecule has 3 N–H and O–H groups in total. The summed E-state index contributed by atoms with van der Waals surface area (Å²) in [6.45, 7) is 4.25. The van der Waals surface area contributed by atoms with Crippen LogP contribution in [0.5, 0.6) is 0 Å². The highest BCUT2D eigenvalue weighted by Gasteiger charge is 2.54. The normalized spacial score (nSPS) is 17.4. The highest BCUT2D eigenvalue weighted by Crippen LogP contribution is 2.42. The van der Waals surface area contributed by atoms with Crippen LogP contribution < -0.4 is 10.6 Å². The molecule has 2 aliphatic rings. The molecular weight excluding hydrogens is 701 g/mol. The highest BCUT2D eigenvalue weighted by molar-refractivity contribution is 8.03. The molecule has 6 rings (SSSR count). The summed E-state index contributed by atoms with van der Waals surface area (Å²) in [7, 11) is 0. The minimum Gasteiger partial charge on any atom is -0.455 e. The van der Waals surface area contributed by atoms with Crippen LogP contribution in [0.2, 0.25) is 0 Å². The van der Waals surface area contributed by atoms with Gasteiger partial charge in [-0.3, -0.25) is 14.5 Å². The molecule has 3 aromatic carbocycles. The van der Waals surface area contributed by atoms with Gasteiger partial charge in [0, 0.05) is 16.0 Å². The predicted octanol–water partition coefficient (Wildman–Crippen LogP) is 4.78. The van der Waals surface area contributed by atoms with Crippen molar-refractivity contribution in [2.45, 2.75) is 44.0 Å². The van der Waals surface area contributed by atoms with E-state index in [1.807, 2.05) is 97.1 Å². The van der Waals surface area contributed by atoms with E-state index in [1.54, 1.807) is 26.2 Å². The predicted molar refractivity (Wildman–Crippen MR) is 198 cm³/mol. The van der Waals surface area contributed by atoms with E-state index in [9.17, 15) is 19.5 Å². The van der Waals surface area contributed by atoms with Crippen molar-refractivity contribution in [1.82, 2.24) is 15.2 Å². The summed E-state index contributed by atoms with van der Waals surface area (Å²) in [5.74, 6) is -1.71. The molecule has 0 radical (unpaired) electrons. The number of benzene rings is 3. The summed E-state index contributed by atoms with van der Waals surface area (Å²) >= 11 is 2.47. The van der Waals surface area contributed by atoms with Crippen molar-refractivity contribution >= 4 is 51.7 Å². The number of nitrogens with one attached hydrogen (secondary N) is 2. The summed E-state index contributed by atoms with van der Waals surface area (Å²) in [6.07, 6.45) is 0. The summed E-state index contributed by atoms with van der Waals surface area (Å²) in [5.41, 5.74) is 1.03. The van der Waals surface area contributed by atoms with Crippen molar-refractivity contribution in [2.75, 3.05) is 24.3 Å². The summed E-state index contributed by atoms with van der Waals surface area (Å²) in [5, 5.41) is 31.5. The molecule has 266 valence electrons. The fraction of sp³-hybridized carbons (Fsp3) is 0.263. The number of rotatable bonds is 12. The van der Waals surface area contributed by atoms with Gasteiger partial charge in [-0.05, 0) is 37.5 Å². The average Bonchev–Trinajstić information content (AvgIpc) is 3.62. The van der Waals surface area contributed by atoms with E-state index in [4.69, 9.17) is 19.8 Å². The highest BCUT2D eigenvalue weighted by atomic mass is 32.2. The SMILES string of the molecule is CC(C)(C)OC(=O)C1=C(CO)SCC2C(NC(=O)C(=NOCC#N)c3csc(NC(c4ccccc4)(c4ccccc4)c4ccccc4)n3)C(=O)N12. The standard InChI is InChI=1S/C38H36N6O6S2/c1-37(2,3)50-35(48)32-29(21-45)51-23-28-31(34(47)44(28)32)41-33(46)30(43-49-20-19-39)27-22-52-36(40-27)42-38(24-13-7-4-8-14-24,25-15-9-5-10-16-25)26-17-11-6-12-18-26/h4-18,22,28,31,45H,20-21,23H2,1-3H3,(H,40,42)(H,41,46). The third-order valence-corrected chi connectivity index (χ3v) is 10.3. The zero-order chi connectivity index (χ0) is 36.9. The van der Waals surface area contributed by atoms with Gasteiger partial charge in [-0.15, -0.1) is 23.1 Å². The molecular formula is C38H36N6O6S2. The number of anilines is 1. The number of aromatic nitrogens is 1. The van der Waals surface area contributed by atoms with E-state index in [2.05, 4.69) is 15.8 Å². The maximum atomic E-state index is 13.9. The number of carbonyl (C=O) groups is 3. The number of thiazole rings is 1. The van der Waals surface area contributed by atoms with Gasteiger partial charge in [0.05, 0.1) is 12.6 Å². The minimum atomic E-state index is -1.00. The van der Waals surface area contributed by atoms with Crippen LogP contribution in [0.3, 0.4) is 0 Å². The largest absolute Gasteiger partial charge is 0.455 e. The molecule has 2 atom stereocenters. The molecule has 0 spiro atoms. The molecule has 0 bridgehead atoms. The van der Waals surface area contributed by atoms with E-state index in [1.165, 1.54) is 28.0 Å². The van der Waals surface area contributed by atoms with Crippen LogP contribution in [0.25, 0.3) is 0 Å². The van der Waals surface area contributed by atoms with Crippen LogP contribution in [0.1, 0.15) is 43.2 Å². The number of hydrogen-bond acceptors (Lipinski definition) is 12. The smallest absolute Gasteiger partial charge is 0.356 e. The van der Waals surface area contributed by atoms with E-state index in [0.717, 1.165) is 16.7 Å². The lowest BCUT2D eigenvalue weighted by molar-refractivity contribution is -0.160. The van der Waals surface area contributed by atoms with Crippen molar-refractivity contribution in [3.63, 3.8) is 0 Å². The van der Waals surface area contributed by atoms with E-state index in [-0.39, 0.29) is 17.1 Å². The summed E-state index contributed by atoms with van der Waals surface area (Å²) < 4.78 is 5.52. The molecule has 0 aliphatic carbocycles. The first-order chi connectivity index (χ1) is 25.1. The Bertz CT molecular complexity index is 1940. The van der Waals surface area contributed by atoms with Gasteiger partial charge in [0.2, 0.25) is 6.61 Å². The van der Waals surface area contributed by atoms with Gasteiger partial charge < -0.3 is 25.3 Å². The topological polar surface area (TPSA) is 166 Å². The Hall–Kier alpha value is -5.49. The third-order valence-electron chi connectivity index (χ3n) is 8.34. The zero-order valence-electron chi connectivity index (χ0n) is 28.6. The Kier molecular flexibility index (Phi) is 10.8. The lowest BCUT2D eigenvalue weighted by Crippen LogP contribution is -2.73. The molecule has 3 heterocycles. The number of nitrogens with zero attached hydrogens (tertiary/aromatic N) is 4. The second-order valence-corrected chi connectivity index (χ2v) is 14.8. The van der Waals surface area contributed by atoms with Crippen molar-refractivity contribution in [2.24, 2.45) is 5.16 Å². The monoisotopic (exact) mass is 736 g/mol. The zero-order valence-corrected chi connectivity index (χ0v) is 30.2. The Morgan fingerprint density at radius 2 is 1.58 bits per heavy atom. The first-order valence-electron chi connectivity index (χ1n) is 16.4. The van der Waals surface area contributed by atoms with Gasteiger partial charge in [-0.2, -0.15) is 5.26 Å². The van der Waals surface area contributed by atoms with E-state index < -0.39 is 54.2 Å². The summed E-state index contributed by atoms with van der Waals surface area (Å²) in [6, 6.07) is 30.1. The fourth-order valence-electron chi connectivity index (χ4n) is 6.12. The molecule has 12 nitrogen and oxygen atoms in total. The van der Waals surface area contributed by atoms with Crippen LogP contribution in [0, 0.1) is 11.3 Å². The third kappa shape index (κ3) is 7.29. The van der Waals surface area contributed by atoms with Crippen molar-refractivity contribution in [3.05, 3.63) is 129 Å². The van der Waals surface area contributed by atoms with Gasteiger partial charge in [0.1, 0.15) is 34.6 Å². The van der Waals surface area contributed by atoms with Crippen LogP contribution in [-0.2, 0) is 29.5 Å². The number of oxime groups is 1. The van der Waals surface area contributed by atoms with Crippen LogP contribution >= 0.6 is 23.1 Å². The van der Waals surface area contributed by atoms with Crippen LogP contribution in [0.15, 0.2) is 112 Å². The van der Waals surface area contributed by atoms with Gasteiger partial charge in [0.25, 0.3) is 11.8 Å². The Balaban J connectivity index is 1.30. The van der Waals surface area contributed by atoms with Crippen molar-refractivity contribution in [3.8, 4) is 6.07 Å². The molecule has 52 heavy (non-hydrogen) atoms. The first-order valence-corrected chi connectivity index (χ1v) is 18.3. The number of ether oxygens (including phenoxy) is 1. The van der Waals surface area contributed by atoms with E-state index >= 15 is 0 Å². The number of β-lactam (4-membered cyclic amide) rings is 1. The van der Waals surface area contributed by atoms with Gasteiger partial charge in [-0.1, -0.05) is 96.2 Å². The number of carbonyl (C=O) groups excluding carboxylic acids is 3. The lowest BCUT2D eigenvalue weighted by atomic mass is 9.77. The van der Waals surface area contributed by atoms with Gasteiger partial charge >= 0.3 is 5.97 Å². The maximum absolute atomic E-state index is 13.9. The molecule has 14 heteroatoms. The Labute approximate surface area is 309 Å². The Morgan fingerprint density at radius 1 is 1.00 bits per heavy atom. The average molecular weight is 737 g/mol. The lowest BCUT2D eigenvalue weighted by Gasteiger charge is -2.50. The molecule has 1 aromatic heterocycles. The Morgan fingerprint density at radius 3 is 2.10 bits per heavy atom. The molecule has 1 saturated heterocycles. The van der Waals surface area contributed by atoms with Crippen LogP contribution in [-0.4, -0.2) is 75.1 Å². The molecule has 1 fully saturated rings. The second-order valence-electron chi connectivity index (χ2n) is 12.9. The first kappa shape index (κ1) is 36.3. The van der Waals surface area contributed by atoms with Gasteiger partial charge in [-0.25, -0.2) is 9.78 Å². The molecule has 4 aromatic rings. The maximum Gasteiger partial charge on any atom is 0.356 e. The number of amides is 2. The number of hydrogen-bond donors (Lipinski definition) is 3. The number of fused-ring (bicyclic) bond motifs is 1. The molecule has 0 saturated carbocycles. The van der Waals surface area contributed by atoms with Crippen LogP contribution in [0.4, 0.5) is 5.13 Å². The summed E-state index contributed by atoms with van der Waals surface area (Å²) in [4.78, 5) is 52.0.